The number of amides is 7. The van der Waals surface area contributed by atoms with Crippen LogP contribution in [0, 0.1) is 11.8 Å². The van der Waals surface area contributed by atoms with E-state index in [4.69, 9.17) is 37.9 Å². The van der Waals surface area contributed by atoms with Gasteiger partial charge in [0, 0.05) is 24.4 Å². The predicted octanol–water partition coefficient (Wildman–Crippen LogP) is -3.01. The number of rotatable bonds is 29. The van der Waals surface area contributed by atoms with Gasteiger partial charge in [0.1, 0.15) is 66.9 Å². The molecule has 0 spiro atoms. The summed E-state index contributed by atoms with van der Waals surface area (Å²) in [7, 11) is -15.6. The molecule has 542 valence electrons. The molecule has 0 aromatic heterocycles. The number of aliphatic carboxylic acids is 1. The monoisotopic (exact) mass is 1450 g/mol. The standard InChI is InChI=1S/C58H76N6O31S3/c1-27-45(69)47(71)48(72)56(90-27)95-49-35(62-53(74)36-23-41(66)64-58(78)63-36)19-31(20-37(49)92-57-51(94-55(77)29-10-6-3-7-11-29)50(46(70)39(24-65)93-57)91-38(54(75)76)16-28-8-4-2-5-9-28)52(73)60-13-12-59-42(67)25-88-14-15-89-26-43(68)61-34-21-32(96(79,80)81)17-30-18-33(97(82,83)84)22-40(44(30)34)98(85,86)87/h3,6-7,10-11,17-18,21-22,27-28,31,35-39,45-51,56-57,65,69-72H,2,4-5,8-9,12-16,19-20,23-26H2,1H3,(H,59,67)(H,60,73)(H,61,68)(H,62,74)(H,75,76)(H,79,80,81)(H,82,83,84)(H,85,86,87)(H2,63,64,66,78)/t27-,31+,35-,36?,37+,38-,39+,45+,46-,47+,48-,49+,50-,51+,56-,57+/m0/s1. The lowest BCUT2D eigenvalue weighted by Crippen LogP contribution is -2.66. The van der Waals surface area contributed by atoms with Gasteiger partial charge in [0.2, 0.25) is 29.5 Å². The number of fused-ring (bicyclic) bond motifs is 1. The number of imide groups is 1. The minimum atomic E-state index is -5.35. The first kappa shape index (κ1) is 76.7. The number of carboxylic acid groups (broad SMARTS) is 1. The van der Waals surface area contributed by atoms with Crippen LogP contribution in [-0.2, 0) is 97.0 Å². The second kappa shape index (κ2) is 33.4. The zero-order valence-corrected chi connectivity index (χ0v) is 54.5. The summed E-state index contributed by atoms with van der Waals surface area (Å²) in [6.45, 7) is -2.44. The number of hydrogen-bond acceptors (Lipinski definition) is 27. The Hall–Kier alpha value is -7.07. The third-order valence-corrected chi connectivity index (χ3v) is 19.3. The van der Waals surface area contributed by atoms with Gasteiger partial charge in [-0.1, -0.05) is 50.3 Å². The molecule has 2 aliphatic carbocycles. The fraction of sp³-hybridized carbons (Fsp3) is 0.586. The fourth-order valence-corrected chi connectivity index (χ4v) is 13.9. The summed E-state index contributed by atoms with van der Waals surface area (Å²) in [6.07, 6.45) is -20.6. The molecular formula is C58H76N6O31S3. The van der Waals surface area contributed by atoms with Gasteiger partial charge in [-0.15, -0.1) is 0 Å². The average molecular weight is 1450 g/mol. The molecule has 0 bridgehead atoms. The predicted molar refractivity (Wildman–Crippen MR) is 326 cm³/mol. The Kier molecular flexibility index (Phi) is 26.1. The number of carboxylic acids is 1. The van der Waals surface area contributed by atoms with Crippen LogP contribution >= 0.6 is 0 Å². The topological polar surface area (TPSA) is 567 Å². The van der Waals surface area contributed by atoms with Crippen molar-refractivity contribution in [2.24, 2.45) is 11.8 Å². The molecule has 15 N–H and O–H groups in total. The molecule has 3 heterocycles. The number of esters is 1. The summed E-state index contributed by atoms with van der Waals surface area (Å²) in [5.41, 5.74) is -0.722. The first-order valence-electron chi connectivity index (χ1n) is 30.7. The maximum Gasteiger partial charge on any atom is 0.338 e. The van der Waals surface area contributed by atoms with Crippen LogP contribution in [0.3, 0.4) is 0 Å². The maximum atomic E-state index is 14.4. The minimum absolute atomic E-state index is 0.0353. The van der Waals surface area contributed by atoms with Crippen molar-refractivity contribution in [3.05, 3.63) is 60.2 Å². The quantitative estimate of drug-likeness (QED) is 0.0187. The molecule has 3 aliphatic heterocycles. The van der Waals surface area contributed by atoms with Crippen LogP contribution in [-0.4, -0.2) is 255 Å². The molecule has 8 rings (SSSR count). The van der Waals surface area contributed by atoms with Crippen molar-refractivity contribution < 1.29 is 146 Å². The highest BCUT2D eigenvalue weighted by molar-refractivity contribution is 7.87. The normalized spacial score (nSPS) is 28.3. The van der Waals surface area contributed by atoms with Gasteiger partial charge in [-0.3, -0.25) is 42.9 Å². The van der Waals surface area contributed by atoms with Crippen molar-refractivity contribution in [1.82, 2.24) is 26.6 Å². The molecule has 3 aromatic carbocycles. The number of ether oxygens (including phenoxy) is 8. The number of urea groups is 1. The van der Waals surface area contributed by atoms with Crippen LogP contribution in [0.15, 0.2) is 69.3 Å². The first-order valence-corrected chi connectivity index (χ1v) is 35.1. The highest BCUT2D eigenvalue weighted by atomic mass is 32.2. The SMILES string of the molecule is C[C@@H]1O[C@@H](O[C@@H]2[C@@H](NC(=O)C3CC(=O)NC(=O)N3)C[C@@H](C(=O)NCCNC(=O)COCCOCC(=O)Nc3cc(S(=O)(=O)O)cc4cc(S(=O)(=O)O)cc(S(=O)(=O)O)c34)C[C@H]2O[C@@H]2O[C@H](CO)[C@H](O)[C@H](O[C@@H](CC3CCCCC3)C(=O)O)[C@H]2OC(=O)c2ccccc2)[C@@H](O)[C@H](O)[C@@H]1O. The molecule has 7 amide bonds. The second-order valence-corrected chi connectivity index (χ2v) is 28.1. The Morgan fingerprint density at radius 3 is 1.97 bits per heavy atom. The van der Waals surface area contributed by atoms with Crippen LogP contribution in [0.1, 0.15) is 75.1 Å². The molecule has 0 radical (unpaired) electrons. The molecule has 5 fully saturated rings. The van der Waals surface area contributed by atoms with Gasteiger partial charge in [0.05, 0.1) is 65.5 Å². The number of benzene rings is 3. The van der Waals surface area contributed by atoms with Crippen molar-refractivity contribution in [3.8, 4) is 0 Å². The van der Waals surface area contributed by atoms with Crippen molar-refractivity contribution >= 4 is 94.3 Å². The maximum absolute atomic E-state index is 14.4. The summed E-state index contributed by atoms with van der Waals surface area (Å²) in [6, 6.07) is 5.44. The van der Waals surface area contributed by atoms with Crippen LogP contribution in [0.4, 0.5) is 10.5 Å². The van der Waals surface area contributed by atoms with Crippen LogP contribution in [0.25, 0.3) is 10.8 Å². The lowest BCUT2D eigenvalue weighted by molar-refractivity contribution is -0.347. The van der Waals surface area contributed by atoms with Crippen molar-refractivity contribution in [2.45, 2.75) is 171 Å². The van der Waals surface area contributed by atoms with Crippen molar-refractivity contribution in [1.29, 1.82) is 0 Å². The average Bonchev–Trinajstić information content (AvgIpc) is 0.756. The summed E-state index contributed by atoms with van der Waals surface area (Å²) >= 11 is 0. The first-order chi connectivity index (χ1) is 46.2. The molecule has 3 aromatic rings. The largest absolute Gasteiger partial charge is 0.479 e. The highest BCUT2D eigenvalue weighted by Gasteiger charge is 2.55. The molecule has 1 unspecified atom stereocenters. The van der Waals surface area contributed by atoms with E-state index in [1.54, 1.807) is 6.07 Å². The summed E-state index contributed by atoms with van der Waals surface area (Å²) < 4.78 is 150. The molecular weight excluding hydrogens is 1370 g/mol. The molecule has 2 saturated carbocycles. The van der Waals surface area contributed by atoms with Gasteiger partial charge in [-0.25, -0.2) is 14.4 Å². The van der Waals surface area contributed by atoms with E-state index in [0.717, 1.165) is 19.3 Å². The highest BCUT2D eigenvalue weighted by Crippen LogP contribution is 2.39. The Balaban J connectivity index is 0.971. The third-order valence-electron chi connectivity index (χ3n) is 16.8. The molecule has 3 saturated heterocycles. The van der Waals surface area contributed by atoms with Crippen LogP contribution < -0.4 is 31.9 Å². The number of aliphatic hydroxyl groups is 5. The molecule has 98 heavy (non-hydrogen) atoms. The lowest BCUT2D eigenvalue weighted by atomic mass is 9.80. The second-order valence-electron chi connectivity index (χ2n) is 23.8. The number of nitrogens with one attached hydrogen (secondary N) is 6. The van der Waals surface area contributed by atoms with Gasteiger partial charge in [-0.05, 0) is 73.9 Å². The van der Waals surface area contributed by atoms with Crippen molar-refractivity contribution in [2.75, 3.05) is 51.4 Å². The van der Waals surface area contributed by atoms with Gasteiger partial charge in [-0.2, -0.15) is 25.3 Å². The number of carbonyl (C=O) groups is 8. The Morgan fingerprint density at radius 1 is 0.704 bits per heavy atom. The smallest absolute Gasteiger partial charge is 0.338 e. The van der Waals surface area contributed by atoms with E-state index in [1.807, 2.05) is 5.32 Å². The van der Waals surface area contributed by atoms with E-state index in [2.05, 4.69) is 26.6 Å². The Morgan fingerprint density at radius 2 is 1.35 bits per heavy atom. The number of aliphatic hydroxyl groups excluding tert-OH is 5. The summed E-state index contributed by atoms with van der Waals surface area (Å²) in [5, 5.41) is 79.0. The van der Waals surface area contributed by atoms with E-state index in [9.17, 15) is 108 Å². The van der Waals surface area contributed by atoms with E-state index in [1.165, 1.54) is 31.2 Å². The minimum Gasteiger partial charge on any atom is -0.479 e. The zero-order chi connectivity index (χ0) is 71.6. The molecule has 37 nitrogen and oxygen atoms in total. The van der Waals surface area contributed by atoms with Gasteiger partial charge < -0.3 is 95.1 Å². The zero-order valence-electron chi connectivity index (χ0n) is 52.1. The van der Waals surface area contributed by atoms with E-state index in [-0.39, 0.29) is 37.6 Å². The molecule has 16 atom stereocenters. The summed E-state index contributed by atoms with van der Waals surface area (Å²) in [4.78, 5) is 103. The Labute approximate surface area is 559 Å². The van der Waals surface area contributed by atoms with Crippen LogP contribution in [0.2, 0.25) is 0 Å². The van der Waals surface area contributed by atoms with Crippen molar-refractivity contribution in [3.63, 3.8) is 0 Å². The van der Waals surface area contributed by atoms with E-state index < -0.39 is 252 Å². The van der Waals surface area contributed by atoms with Crippen LogP contribution in [0.5, 0.6) is 0 Å². The third kappa shape index (κ3) is 20.1. The van der Waals surface area contributed by atoms with E-state index >= 15 is 0 Å². The van der Waals surface area contributed by atoms with Gasteiger partial charge >= 0.3 is 18.0 Å². The van der Waals surface area contributed by atoms with Gasteiger partial charge in [0.15, 0.2) is 24.8 Å². The van der Waals surface area contributed by atoms with Gasteiger partial charge in [0.25, 0.3) is 30.4 Å². The number of carbonyl (C=O) groups excluding carboxylic acids is 7. The van der Waals surface area contributed by atoms with E-state index in [0.29, 0.717) is 37.1 Å². The number of anilines is 1. The lowest BCUT2D eigenvalue weighted by Gasteiger charge is -2.49. The molecule has 40 heteroatoms. The Bertz CT molecular complexity index is 3730. The summed E-state index contributed by atoms with van der Waals surface area (Å²) in [5.74, 6) is -8.40. The number of hydrogen-bond donors (Lipinski definition) is 15. The molecule has 5 aliphatic rings. The fourth-order valence-electron chi connectivity index (χ4n) is 12.0.